The number of likely N-dealkylation sites (N-methyl/N-ethyl adjacent to an activating group) is 1. The van der Waals surface area contributed by atoms with Crippen LogP contribution in [0, 0.1) is 0 Å². The number of nitrogens with zero attached hydrogens (tertiary/aromatic N) is 4. The highest BCUT2D eigenvalue weighted by atomic mass is 16.2. The molecule has 17 heavy (non-hydrogen) atoms. The van der Waals surface area contributed by atoms with Crippen LogP contribution >= 0.6 is 0 Å². The van der Waals surface area contributed by atoms with Gasteiger partial charge in [-0.05, 0) is 0 Å². The van der Waals surface area contributed by atoms with Crippen molar-refractivity contribution >= 4 is 17.4 Å². The molecule has 2 aromatic rings. The standard InChI is InChI=1S/C9H12N6O2/c1-14(2)8(16)4-10-6-3-7-12-13-9(17)15(7)5-11-6/h3,5,10H,4H2,1-2H3,(H,13,17). The number of amides is 1. The van der Waals surface area contributed by atoms with Gasteiger partial charge in [-0.3, -0.25) is 4.79 Å². The van der Waals surface area contributed by atoms with Crippen molar-refractivity contribution in [2.75, 3.05) is 26.0 Å². The minimum absolute atomic E-state index is 0.0638. The van der Waals surface area contributed by atoms with E-state index in [0.29, 0.717) is 11.5 Å². The van der Waals surface area contributed by atoms with Crippen molar-refractivity contribution in [1.82, 2.24) is 24.5 Å². The van der Waals surface area contributed by atoms with Gasteiger partial charge in [0.15, 0.2) is 5.65 Å². The Balaban J connectivity index is 2.15. The summed E-state index contributed by atoms with van der Waals surface area (Å²) in [4.78, 5) is 28.0. The Morgan fingerprint density at radius 2 is 2.35 bits per heavy atom. The molecule has 0 radical (unpaired) electrons. The maximum atomic E-state index is 11.3. The number of aromatic nitrogens is 4. The Kier molecular flexibility index (Phi) is 2.77. The monoisotopic (exact) mass is 236 g/mol. The zero-order valence-corrected chi connectivity index (χ0v) is 9.47. The van der Waals surface area contributed by atoms with E-state index in [9.17, 15) is 9.59 Å². The Morgan fingerprint density at radius 3 is 3.06 bits per heavy atom. The number of carbonyl (C=O) groups excluding carboxylic acids is 1. The van der Waals surface area contributed by atoms with Crippen molar-refractivity contribution in [1.29, 1.82) is 0 Å². The van der Waals surface area contributed by atoms with Gasteiger partial charge in [0, 0.05) is 20.2 Å². The summed E-state index contributed by atoms with van der Waals surface area (Å²) < 4.78 is 1.28. The molecule has 2 N–H and O–H groups in total. The van der Waals surface area contributed by atoms with Crippen molar-refractivity contribution in [3.05, 3.63) is 22.9 Å². The first-order valence-corrected chi connectivity index (χ1v) is 4.95. The number of fused-ring (bicyclic) bond motifs is 1. The molecule has 8 heteroatoms. The Morgan fingerprint density at radius 1 is 1.59 bits per heavy atom. The lowest BCUT2D eigenvalue weighted by Crippen LogP contribution is -2.28. The molecule has 0 unspecified atom stereocenters. The molecule has 2 heterocycles. The molecule has 0 atom stereocenters. The fraction of sp³-hybridized carbons (Fsp3) is 0.333. The molecule has 0 bridgehead atoms. The van der Waals surface area contributed by atoms with Gasteiger partial charge < -0.3 is 10.2 Å². The van der Waals surface area contributed by atoms with Crippen LogP contribution in [0.3, 0.4) is 0 Å². The number of rotatable bonds is 3. The molecule has 0 aliphatic rings. The maximum absolute atomic E-state index is 11.3. The summed E-state index contributed by atoms with van der Waals surface area (Å²) in [5.41, 5.74) is 0.105. The number of H-pyrrole nitrogens is 1. The van der Waals surface area contributed by atoms with E-state index in [0.717, 1.165) is 0 Å². The highest BCUT2D eigenvalue weighted by Crippen LogP contribution is 2.03. The van der Waals surface area contributed by atoms with Crippen LogP contribution in [0.15, 0.2) is 17.2 Å². The summed E-state index contributed by atoms with van der Waals surface area (Å²) in [6.07, 6.45) is 1.35. The third-order valence-electron chi connectivity index (χ3n) is 2.23. The molecule has 0 aromatic carbocycles. The zero-order chi connectivity index (χ0) is 12.4. The average molecular weight is 236 g/mol. The van der Waals surface area contributed by atoms with Gasteiger partial charge in [0.2, 0.25) is 5.91 Å². The van der Waals surface area contributed by atoms with Crippen LogP contribution in [0.2, 0.25) is 0 Å². The lowest BCUT2D eigenvalue weighted by atomic mass is 10.5. The van der Waals surface area contributed by atoms with E-state index in [2.05, 4.69) is 20.5 Å². The first kappa shape index (κ1) is 11.1. The molecule has 0 saturated heterocycles. The van der Waals surface area contributed by atoms with Crippen LogP contribution in [0.4, 0.5) is 5.82 Å². The molecule has 0 aliphatic carbocycles. The first-order chi connectivity index (χ1) is 8.08. The summed E-state index contributed by atoms with van der Waals surface area (Å²) in [6.45, 7) is 0.144. The summed E-state index contributed by atoms with van der Waals surface area (Å²) in [6, 6.07) is 1.58. The number of carbonyl (C=O) groups is 1. The van der Waals surface area contributed by atoms with Gasteiger partial charge in [-0.25, -0.2) is 19.3 Å². The van der Waals surface area contributed by atoms with E-state index in [-0.39, 0.29) is 18.1 Å². The number of hydrogen-bond donors (Lipinski definition) is 2. The van der Waals surface area contributed by atoms with E-state index >= 15 is 0 Å². The summed E-state index contributed by atoms with van der Waals surface area (Å²) in [5, 5.41) is 8.95. The SMILES string of the molecule is CN(C)C(=O)CNc1cc2n[nH]c(=O)n2cn1. The van der Waals surface area contributed by atoms with Crippen molar-refractivity contribution in [2.45, 2.75) is 0 Å². The molecular weight excluding hydrogens is 224 g/mol. The third kappa shape index (κ3) is 2.25. The second-order valence-corrected chi connectivity index (χ2v) is 3.67. The smallest absolute Gasteiger partial charge is 0.348 e. The average Bonchev–Trinajstić information content (AvgIpc) is 2.67. The summed E-state index contributed by atoms with van der Waals surface area (Å²) in [7, 11) is 3.35. The van der Waals surface area contributed by atoms with Crippen LogP contribution in [-0.2, 0) is 4.79 Å². The fourth-order valence-corrected chi connectivity index (χ4v) is 1.23. The number of hydrogen-bond acceptors (Lipinski definition) is 5. The van der Waals surface area contributed by atoms with Gasteiger partial charge in [0.05, 0.1) is 6.54 Å². The van der Waals surface area contributed by atoms with Crippen LogP contribution in [0.5, 0.6) is 0 Å². The van der Waals surface area contributed by atoms with E-state index in [1.54, 1.807) is 20.2 Å². The number of aromatic amines is 1. The van der Waals surface area contributed by atoms with E-state index in [1.807, 2.05) is 0 Å². The zero-order valence-electron chi connectivity index (χ0n) is 9.47. The topological polar surface area (TPSA) is 95.4 Å². The summed E-state index contributed by atoms with van der Waals surface area (Å²) >= 11 is 0. The van der Waals surface area contributed by atoms with Gasteiger partial charge in [-0.1, -0.05) is 0 Å². The quantitative estimate of drug-likeness (QED) is 0.706. The minimum Gasteiger partial charge on any atom is -0.361 e. The lowest BCUT2D eigenvalue weighted by molar-refractivity contribution is -0.126. The lowest BCUT2D eigenvalue weighted by Gasteiger charge is -2.10. The highest BCUT2D eigenvalue weighted by Gasteiger charge is 2.05. The van der Waals surface area contributed by atoms with Crippen molar-refractivity contribution < 1.29 is 4.79 Å². The van der Waals surface area contributed by atoms with Gasteiger partial charge in [0.25, 0.3) is 0 Å². The van der Waals surface area contributed by atoms with Crippen LogP contribution < -0.4 is 11.0 Å². The number of anilines is 1. The molecule has 0 fully saturated rings. The predicted octanol–water partition coefficient (Wildman–Crippen LogP) is -1.08. The molecule has 0 saturated carbocycles. The van der Waals surface area contributed by atoms with Gasteiger partial charge in [-0.15, -0.1) is 0 Å². The predicted molar refractivity (Wildman–Crippen MR) is 60.8 cm³/mol. The normalized spacial score (nSPS) is 10.5. The second kappa shape index (κ2) is 4.24. The van der Waals surface area contributed by atoms with Crippen molar-refractivity contribution in [3.8, 4) is 0 Å². The largest absolute Gasteiger partial charge is 0.361 e. The Bertz CT molecular complexity index is 599. The van der Waals surface area contributed by atoms with E-state index in [1.165, 1.54) is 15.6 Å². The Labute approximate surface area is 96.3 Å². The van der Waals surface area contributed by atoms with E-state index < -0.39 is 0 Å². The fourth-order valence-electron chi connectivity index (χ4n) is 1.23. The van der Waals surface area contributed by atoms with Gasteiger partial charge in [-0.2, -0.15) is 5.10 Å². The molecule has 1 amide bonds. The molecule has 90 valence electrons. The minimum atomic E-state index is -0.344. The maximum Gasteiger partial charge on any atom is 0.348 e. The van der Waals surface area contributed by atoms with Crippen LogP contribution in [0.25, 0.3) is 5.65 Å². The molecular formula is C9H12N6O2. The first-order valence-electron chi connectivity index (χ1n) is 4.95. The second-order valence-electron chi connectivity index (χ2n) is 3.67. The van der Waals surface area contributed by atoms with Crippen molar-refractivity contribution in [2.24, 2.45) is 0 Å². The molecule has 2 rings (SSSR count). The molecule has 8 nitrogen and oxygen atoms in total. The molecule has 2 aromatic heterocycles. The number of nitrogens with one attached hydrogen (secondary N) is 2. The van der Waals surface area contributed by atoms with Crippen molar-refractivity contribution in [3.63, 3.8) is 0 Å². The van der Waals surface area contributed by atoms with Gasteiger partial charge >= 0.3 is 5.69 Å². The molecule has 0 aliphatic heterocycles. The van der Waals surface area contributed by atoms with Crippen LogP contribution in [-0.4, -0.2) is 51.0 Å². The van der Waals surface area contributed by atoms with E-state index in [4.69, 9.17) is 0 Å². The summed E-state index contributed by atoms with van der Waals surface area (Å²) in [5.74, 6) is 0.429. The Hall–Kier alpha value is -2.38. The highest BCUT2D eigenvalue weighted by molar-refractivity contribution is 5.80. The third-order valence-corrected chi connectivity index (χ3v) is 2.23. The van der Waals surface area contributed by atoms with Crippen LogP contribution in [0.1, 0.15) is 0 Å². The van der Waals surface area contributed by atoms with Gasteiger partial charge in [0.1, 0.15) is 12.1 Å². The molecule has 0 spiro atoms.